The molecule has 10 nitrogen and oxygen atoms in total. The Labute approximate surface area is 300 Å². The minimum atomic E-state index is -1.27. The van der Waals surface area contributed by atoms with Crippen LogP contribution in [-0.4, -0.2) is 79.0 Å². The first-order valence-electron chi connectivity index (χ1n) is 18.6. The quantitative estimate of drug-likeness (QED) is 0.0501. The summed E-state index contributed by atoms with van der Waals surface area (Å²) in [6.45, 7) is 19.2. The molecule has 0 unspecified atom stereocenters. The number of fused-ring (bicyclic) bond motifs is 3. The molecular weight excluding hydrogens is 659 g/mol. The summed E-state index contributed by atoms with van der Waals surface area (Å²) in [5.74, 6) is 3.56. The van der Waals surface area contributed by atoms with Crippen LogP contribution in [0.1, 0.15) is 56.2 Å². The van der Waals surface area contributed by atoms with E-state index in [1.54, 1.807) is 6.20 Å². The van der Waals surface area contributed by atoms with Crippen LogP contribution in [0.5, 0.6) is 0 Å². The number of ether oxygens (including phenoxy) is 3. The minimum absolute atomic E-state index is 0.357. The molecule has 2 bridgehead atoms. The van der Waals surface area contributed by atoms with E-state index in [0.717, 1.165) is 95.3 Å². The van der Waals surface area contributed by atoms with E-state index in [-0.39, 0.29) is 0 Å². The van der Waals surface area contributed by atoms with Crippen molar-refractivity contribution in [2.24, 2.45) is 11.8 Å². The molecule has 0 aromatic carbocycles. The maximum absolute atomic E-state index is 6.48. The molecule has 2 aliphatic carbocycles. The number of aromatic amines is 1. The van der Waals surface area contributed by atoms with Gasteiger partial charge in [-0.2, -0.15) is 9.61 Å². The summed E-state index contributed by atoms with van der Waals surface area (Å²) in [5, 5.41) is 5.03. The monoisotopic (exact) mass is 715 g/mol. The molecule has 3 atom stereocenters. The van der Waals surface area contributed by atoms with Crippen molar-refractivity contribution < 1.29 is 14.2 Å². The summed E-state index contributed by atoms with van der Waals surface area (Å²) in [6, 6.07) is 6.29. The molecule has 0 radical (unpaired) electrons. The molecule has 50 heavy (non-hydrogen) atoms. The lowest BCUT2D eigenvalue weighted by molar-refractivity contribution is 0.0942. The SMILES string of the molecule is CCO/C=C\c1c([C@H]2C[C@@H]3CC[C@@H](C3)C2)nc2c(-c3ccc(-c4ncc[nH]4)nc3)cnn2c1N(COCC[Si](C)(C)C)COCC[Si](C)(C)C. The van der Waals surface area contributed by atoms with Crippen molar-refractivity contribution >= 4 is 33.7 Å². The van der Waals surface area contributed by atoms with E-state index in [2.05, 4.69) is 66.3 Å². The van der Waals surface area contributed by atoms with E-state index in [1.165, 1.54) is 19.3 Å². The van der Waals surface area contributed by atoms with E-state index >= 15 is 0 Å². The zero-order chi connectivity index (χ0) is 35.3. The lowest BCUT2D eigenvalue weighted by atomic mass is 9.78. The van der Waals surface area contributed by atoms with Crippen LogP contribution in [-0.2, 0) is 14.2 Å². The number of H-pyrrole nitrogens is 1. The van der Waals surface area contributed by atoms with Crippen LogP contribution < -0.4 is 4.90 Å². The molecule has 0 amide bonds. The molecule has 0 saturated heterocycles. The number of hydrogen-bond donors (Lipinski definition) is 1. The summed E-state index contributed by atoms with van der Waals surface area (Å²) in [7, 11) is -2.54. The molecule has 12 heteroatoms. The topological polar surface area (TPSA) is 103 Å². The third-order valence-electron chi connectivity index (χ3n) is 10.1. The second-order valence-corrected chi connectivity index (χ2v) is 27.8. The van der Waals surface area contributed by atoms with E-state index in [9.17, 15) is 0 Å². The van der Waals surface area contributed by atoms with Crippen LogP contribution >= 0.6 is 0 Å². The summed E-state index contributed by atoms with van der Waals surface area (Å²) in [6.07, 6.45) is 17.6. The highest BCUT2D eigenvalue weighted by molar-refractivity contribution is 6.76. The Morgan fingerprint density at radius 2 is 1.62 bits per heavy atom. The molecule has 6 rings (SSSR count). The minimum Gasteiger partial charge on any atom is -0.501 e. The van der Waals surface area contributed by atoms with E-state index < -0.39 is 16.1 Å². The number of nitrogens with one attached hydrogen (secondary N) is 1. The molecule has 0 aliphatic heterocycles. The Balaban J connectivity index is 1.47. The lowest BCUT2D eigenvalue weighted by Crippen LogP contribution is -2.34. The van der Waals surface area contributed by atoms with Crippen molar-refractivity contribution in [3.05, 3.63) is 54.4 Å². The largest absolute Gasteiger partial charge is 0.501 e. The predicted molar refractivity (Wildman–Crippen MR) is 208 cm³/mol. The number of pyridine rings is 1. The average Bonchev–Trinajstić information content (AvgIpc) is 3.83. The first-order valence-corrected chi connectivity index (χ1v) is 26.0. The van der Waals surface area contributed by atoms with Gasteiger partial charge in [-0.1, -0.05) is 58.2 Å². The average molecular weight is 716 g/mol. The molecule has 2 saturated carbocycles. The highest BCUT2D eigenvalue weighted by Crippen LogP contribution is 2.49. The van der Waals surface area contributed by atoms with Gasteiger partial charge in [0.15, 0.2) is 11.5 Å². The summed E-state index contributed by atoms with van der Waals surface area (Å²) < 4.78 is 20.8. The van der Waals surface area contributed by atoms with Crippen LogP contribution in [0.25, 0.3) is 34.4 Å². The van der Waals surface area contributed by atoms with E-state index in [0.29, 0.717) is 26.0 Å². The van der Waals surface area contributed by atoms with Crippen molar-refractivity contribution in [2.75, 3.05) is 38.2 Å². The third-order valence-corrected chi connectivity index (χ3v) is 13.5. The maximum atomic E-state index is 6.48. The highest BCUT2D eigenvalue weighted by atomic mass is 28.3. The molecule has 1 N–H and O–H groups in total. The van der Waals surface area contributed by atoms with E-state index in [1.807, 2.05) is 42.4 Å². The molecule has 0 spiro atoms. The number of rotatable bonds is 17. The van der Waals surface area contributed by atoms with E-state index in [4.69, 9.17) is 29.3 Å². The van der Waals surface area contributed by atoms with Gasteiger partial charge in [0.25, 0.3) is 0 Å². The summed E-state index contributed by atoms with van der Waals surface area (Å²) >= 11 is 0. The Bertz CT molecular complexity index is 1680. The number of imidazole rings is 1. The maximum Gasteiger partial charge on any atom is 0.165 e. The van der Waals surface area contributed by atoms with Crippen molar-refractivity contribution in [3.63, 3.8) is 0 Å². The lowest BCUT2D eigenvalue weighted by Gasteiger charge is -2.32. The molecule has 2 fully saturated rings. The fraction of sp³-hybridized carbons (Fsp3) is 0.579. The van der Waals surface area contributed by atoms with Crippen LogP contribution in [0, 0.1) is 11.8 Å². The smallest absolute Gasteiger partial charge is 0.165 e. The van der Waals surface area contributed by atoms with Crippen molar-refractivity contribution in [3.8, 4) is 22.6 Å². The van der Waals surface area contributed by atoms with Gasteiger partial charge in [0.05, 0.1) is 24.8 Å². The molecule has 4 heterocycles. The Hall–Kier alpha value is -3.33. The number of aromatic nitrogens is 6. The van der Waals surface area contributed by atoms with Crippen LogP contribution in [0.15, 0.2) is 43.2 Å². The van der Waals surface area contributed by atoms with Gasteiger partial charge in [-0.3, -0.25) is 4.98 Å². The zero-order valence-electron chi connectivity index (χ0n) is 31.2. The van der Waals surface area contributed by atoms with Gasteiger partial charge in [0.1, 0.15) is 25.0 Å². The van der Waals surface area contributed by atoms with Gasteiger partial charge in [0, 0.05) is 70.6 Å². The molecule has 270 valence electrons. The zero-order valence-corrected chi connectivity index (χ0v) is 33.2. The molecular formula is C38H57N7O3Si2. The van der Waals surface area contributed by atoms with Crippen molar-refractivity contribution in [2.45, 2.75) is 96.3 Å². The molecule has 4 aromatic rings. The van der Waals surface area contributed by atoms with Gasteiger partial charge >= 0.3 is 0 Å². The van der Waals surface area contributed by atoms with Crippen LogP contribution in [0.4, 0.5) is 5.82 Å². The van der Waals surface area contributed by atoms with Crippen LogP contribution in [0.3, 0.4) is 0 Å². The van der Waals surface area contributed by atoms with Crippen molar-refractivity contribution in [1.82, 2.24) is 29.5 Å². The fourth-order valence-electron chi connectivity index (χ4n) is 7.29. The van der Waals surface area contributed by atoms with Crippen molar-refractivity contribution in [1.29, 1.82) is 0 Å². The third kappa shape index (κ3) is 9.12. The molecule has 2 aliphatic rings. The molecule has 4 aromatic heterocycles. The van der Waals surface area contributed by atoms with Gasteiger partial charge in [-0.15, -0.1) is 0 Å². The van der Waals surface area contributed by atoms with Gasteiger partial charge in [0.2, 0.25) is 0 Å². The van der Waals surface area contributed by atoms with Gasteiger partial charge in [-0.05, 0) is 62.3 Å². The normalized spacial score (nSPS) is 19.5. The second kappa shape index (κ2) is 15.9. The fourth-order valence-corrected chi connectivity index (χ4v) is 8.81. The number of anilines is 1. The van der Waals surface area contributed by atoms with Gasteiger partial charge in [-0.25, -0.2) is 9.97 Å². The first kappa shape index (κ1) is 36.5. The summed E-state index contributed by atoms with van der Waals surface area (Å²) in [5.41, 5.74) is 5.69. The predicted octanol–water partition coefficient (Wildman–Crippen LogP) is 8.91. The Kier molecular flexibility index (Phi) is 11.6. The first-order chi connectivity index (χ1) is 24.0. The Morgan fingerprint density at radius 1 is 0.920 bits per heavy atom. The highest BCUT2D eigenvalue weighted by Gasteiger charge is 2.37. The second-order valence-electron chi connectivity index (χ2n) is 16.6. The summed E-state index contributed by atoms with van der Waals surface area (Å²) in [4.78, 5) is 20.1. The van der Waals surface area contributed by atoms with Crippen LogP contribution in [0.2, 0.25) is 51.4 Å². The Morgan fingerprint density at radius 3 is 2.20 bits per heavy atom. The number of nitrogens with zero attached hydrogens (tertiary/aromatic N) is 6. The standard InChI is InChI=1S/C38H57N7O3Si2/c1-8-46-16-13-32-35(31-22-28-9-10-29(21-28)23-31)43-37-33(30-11-12-34(41-24-30)36-39-14-15-40-36)25-42-45(37)38(32)44(26-47-17-19-49(2,3)4)27-48-18-20-50(5,6)7/h11-16,24-25,28-29,31H,8-10,17-23,26-27H2,1-7H3,(H,39,40)/b16-13-/t28-,29+,31+. The van der Waals surface area contributed by atoms with Gasteiger partial charge < -0.3 is 24.1 Å². The number of hydrogen-bond acceptors (Lipinski definition) is 8.